The van der Waals surface area contributed by atoms with E-state index in [0.29, 0.717) is 5.02 Å². The molecule has 2 aromatic carbocycles. The largest absolute Gasteiger partial charge is 0.378 e. The van der Waals surface area contributed by atoms with Crippen LogP contribution in [-0.2, 0) is 0 Å². The molecular formula is C14H12Cl2FN. The summed E-state index contributed by atoms with van der Waals surface area (Å²) >= 11 is 11.8. The molecule has 1 N–H and O–H groups in total. The first-order chi connectivity index (χ1) is 8.58. The van der Waals surface area contributed by atoms with E-state index in [2.05, 4.69) is 5.32 Å². The molecule has 94 valence electrons. The highest BCUT2D eigenvalue weighted by Gasteiger charge is 2.09. The molecule has 2 aromatic rings. The van der Waals surface area contributed by atoms with Crippen LogP contribution in [0.2, 0.25) is 10.0 Å². The molecule has 0 saturated heterocycles. The molecule has 0 saturated carbocycles. The fourth-order valence-corrected chi connectivity index (χ4v) is 2.22. The highest BCUT2D eigenvalue weighted by atomic mass is 35.5. The van der Waals surface area contributed by atoms with Gasteiger partial charge in [-0.2, -0.15) is 0 Å². The van der Waals surface area contributed by atoms with Gasteiger partial charge in [-0.25, -0.2) is 4.39 Å². The molecule has 0 fully saturated rings. The standard InChI is InChI=1S/C14H12Cl2FN/c1-9(11-4-2-3-5-12(11)15)18-10-6-7-14(17)13(16)8-10/h2-9,18H,1H3. The zero-order valence-electron chi connectivity index (χ0n) is 9.75. The van der Waals surface area contributed by atoms with Gasteiger partial charge in [0.15, 0.2) is 0 Å². The monoisotopic (exact) mass is 283 g/mol. The minimum atomic E-state index is -0.424. The lowest BCUT2D eigenvalue weighted by Gasteiger charge is -2.17. The molecular weight excluding hydrogens is 272 g/mol. The lowest BCUT2D eigenvalue weighted by Crippen LogP contribution is -2.07. The molecule has 0 aromatic heterocycles. The van der Waals surface area contributed by atoms with Crippen molar-refractivity contribution in [1.82, 2.24) is 0 Å². The first kappa shape index (κ1) is 13.2. The van der Waals surface area contributed by atoms with Gasteiger partial charge in [0.25, 0.3) is 0 Å². The molecule has 1 nitrogen and oxygen atoms in total. The molecule has 0 radical (unpaired) electrons. The zero-order valence-corrected chi connectivity index (χ0v) is 11.3. The summed E-state index contributed by atoms with van der Waals surface area (Å²) in [5.41, 5.74) is 1.74. The van der Waals surface area contributed by atoms with Crippen LogP contribution in [0, 0.1) is 5.82 Å². The van der Waals surface area contributed by atoms with Gasteiger partial charge in [-0.05, 0) is 36.8 Å². The van der Waals surface area contributed by atoms with Crippen molar-refractivity contribution in [2.24, 2.45) is 0 Å². The fraction of sp³-hybridized carbons (Fsp3) is 0.143. The maximum Gasteiger partial charge on any atom is 0.141 e. The van der Waals surface area contributed by atoms with Gasteiger partial charge in [0.1, 0.15) is 5.82 Å². The number of hydrogen-bond acceptors (Lipinski definition) is 1. The second kappa shape index (κ2) is 5.59. The first-order valence-corrected chi connectivity index (χ1v) is 6.29. The minimum absolute atomic E-state index is 0.0141. The second-order valence-corrected chi connectivity index (χ2v) is 4.83. The molecule has 4 heteroatoms. The van der Waals surface area contributed by atoms with Crippen molar-refractivity contribution in [2.75, 3.05) is 5.32 Å². The molecule has 1 unspecified atom stereocenters. The van der Waals surface area contributed by atoms with Crippen LogP contribution in [0.1, 0.15) is 18.5 Å². The predicted molar refractivity (Wildman–Crippen MR) is 74.9 cm³/mol. The highest BCUT2D eigenvalue weighted by molar-refractivity contribution is 6.31. The zero-order chi connectivity index (χ0) is 13.1. The Morgan fingerprint density at radius 1 is 1.06 bits per heavy atom. The van der Waals surface area contributed by atoms with E-state index in [1.165, 1.54) is 6.07 Å². The van der Waals surface area contributed by atoms with Gasteiger partial charge < -0.3 is 5.32 Å². The molecule has 1 atom stereocenters. The molecule has 0 spiro atoms. The topological polar surface area (TPSA) is 12.0 Å². The summed E-state index contributed by atoms with van der Waals surface area (Å²) in [5, 5.41) is 4.03. The molecule has 0 bridgehead atoms. The van der Waals surface area contributed by atoms with Gasteiger partial charge in [-0.3, -0.25) is 0 Å². The summed E-state index contributed by atoms with van der Waals surface area (Å²) in [4.78, 5) is 0. The van der Waals surface area contributed by atoms with E-state index in [1.54, 1.807) is 12.1 Å². The Kier molecular flexibility index (Phi) is 4.10. The lowest BCUT2D eigenvalue weighted by molar-refractivity contribution is 0.628. The molecule has 0 aliphatic rings. The second-order valence-electron chi connectivity index (χ2n) is 4.02. The molecule has 0 aliphatic heterocycles. The summed E-state index contributed by atoms with van der Waals surface area (Å²) in [5.74, 6) is -0.424. The highest BCUT2D eigenvalue weighted by Crippen LogP contribution is 2.27. The number of rotatable bonds is 3. The third-order valence-electron chi connectivity index (χ3n) is 2.67. The van der Waals surface area contributed by atoms with Crippen molar-refractivity contribution in [3.63, 3.8) is 0 Å². The van der Waals surface area contributed by atoms with Crippen molar-refractivity contribution in [3.05, 3.63) is 63.9 Å². The average Bonchev–Trinajstić information content (AvgIpc) is 2.34. The van der Waals surface area contributed by atoms with Gasteiger partial charge in [0.05, 0.1) is 5.02 Å². The van der Waals surface area contributed by atoms with E-state index in [4.69, 9.17) is 23.2 Å². The van der Waals surface area contributed by atoms with Crippen molar-refractivity contribution in [2.45, 2.75) is 13.0 Å². The van der Waals surface area contributed by atoms with Crippen LogP contribution in [0.15, 0.2) is 42.5 Å². The molecule has 2 rings (SSSR count). The summed E-state index contributed by atoms with van der Waals surface area (Å²) in [7, 11) is 0. The summed E-state index contributed by atoms with van der Waals surface area (Å²) in [6.07, 6.45) is 0. The van der Waals surface area contributed by atoms with Crippen LogP contribution in [0.3, 0.4) is 0 Å². The number of hydrogen-bond donors (Lipinski definition) is 1. The van der Waals surface area contributed by atoms with E-state index in [9.17, 15) is 4.39 Å². The number of anilines is 1. The predicted octanol–water partition coefficient (Wildman–Crippen LogP) is 5.31. The minimum Gasteiger partial charge on any atom is -0.378 e. The van der Waals surface area contributed by atoms with E-state index >= 15 is 0 Å². The summed E-state index contributed by atoms with van der Waals surface area (Å²) < 4.78 is 13.0. The van der Waals surface area contributed by atoms with E-state index in [-0.39, 0.29) is 11.1 Å². The van der Waals surface area contributed by atoms with Gasteiger partial charge in [0.2, 0.25) is 0 Å². The Bertz CT molecular complexity index is 557. The van der Waals surface area contributed by atoms with Crippen LogP contribution in [0.4, 0.5) is 10.1 Å². The van der Waals surface area contributed by atoms with Gasteiger partial charge in [-0.1, -0.05) is 41.4 Å². The molecule has 0 heterocycles. The summed E-state index contributed by atoms with van der Waals surface area (Å²) in [6.45, 7) is 1.98. The molecule has 0 aliphatic carbocycles. The van der Waals surface area contributed by atoms with Crippen LogP contribution in [0.25, 0.3) is 0 Å². The quantitative estimate of drug-likeness (QED) is 0.805. The SMILES string of the molecule is CC(Nc1ccc(F)c(Cl)c1)c1ccccc1Cl. The van der Waals surface area contributed by atoms with E-state index < -0.39 is 5.82 Å². The Balaban J connectivity index is 2.19. The number of nitrogens with one attached hydrogen (secondary N) is 1. The third-order valence-corrected chi connectivity index (χ3v) is 3.31. The maximum atomic E-state index is 13.0. The normalized spacial score (nSPS) is 12.2. The Labute approximate surface area is 116 Å². The van der Waals surface area contributed by atoms with Crippen molar-refractivity contribution in [3.8, 4) is 0 Å². The molecule has 0 amide bonds. The molecule has 18 heavy (non-hydrogen) atoms. The van der Waals surface area contributed by atoms with E-state index in [1.807, 2.05) is 31.2 Å². The average molecular weight is 284 g/mol. The van der Waals surface area contributed by atoms with Gasteiger partial charge in [-0.15, -0.1) is 0 Å². The first-order valence-electron chi connectivity index (χ1n) is 5.54. The number of benzene rings is 2. The fourth-order valence-electron chi connectivity index (χ4n) is 1.74. The third kappa shape index (κ3) is 2.95. The lowest BCUT2D eigenvalue weighted by atomic mass is 10.1. The van der Waals surface area contributed by atoms with E-state index in [0.717, 1.165) is 11.3 Å². The van der Waals surface area contributed by atoms with Crippen molar-refractivity contribution in [1.29, 1.82) is 0 Å². The van der Waals surface area contributed by atoms with Crippen molar-refractivity contribution < 1.29 is 4.39 Å². The summed E-state index contributed by atoms with van der Waals surface area (Å²) in [6, 6.07) is 12.2. The van der Waals surface area contributed by atoms with Crippen molar-refractivity contribution >= 4 is 28.9 Å². The van der Waals surface area contributed by atoms with Crippen LogP contribution in [-0.4, -0.2) is 0 Å². The number of halogens is 3. The van der Waals surface area contributed by atoms with Gasteiger partial charge >= 0.3 is 0 Å². The van der Waals surface area contributed by atoms with Crippen LogP contribution >= 0.6 is 23.2 Å². The van der Waals surface area contributed by atoms with Gasteiger partial charge in [0, 0.05) is 16.8 Å². The Hall–Kier alpha value is -1.25. The Morgan fingerprint density at radius 3 is 2.44 bits per heavy atom. The Morgan fingerprint density at radius 2 is 1.78 bits per heavy atom. The van der Waals surface area contributed by atoms with Crippen LogP contribution in [0.5, 0.6) is 0 Å². The maximum absolute atomic E-state index is 13.0. The van der Waals surface area contributed by atoms with Crippen LogP contribution < -0.4 is 5.32 Å². The smallest absolute Gasteiger partial charge is 0.141 e.